The van der Waals surface area contributed by atoms with Crippen LogP contribution >= 0.6 is 0 Å². The zero-order valence-corrected chi connectivity index (χ0v) is 14.2. The van der Waals surface area contributed by atoms with Gasteiger partial charge in [0.15, 0.2) is 0 Å². The minimum atomic E-state index is -0.798. The molecule has 0 saturated heterocycles. The third-order valence-corrected chi connectivity index (χ3v) is 2.88. The van der Waals surface area contributed by atoms with Gasteiger partial charge in [-0.25, -0.2) is 4.79 Å². The molecule has 0 spiro atoms. The van der Waals surface area contributed by atoms with E-state index < -0.39 is 17.7 Å². The summed E-state index contributed by atoms with van der Waals surface area (Å²) in [5.74, 6) is -0.279. The maximum Gasteiger partial charge on any atom is 0.408 e. The molecule has 6 nitrogen and oxygen atoms in total. The summed E-state index contributed by atoms with van der Waals surface area (Å²) >= 11 is 0. The van der Waals surface area contributed by atoms with Gasteiger partial charge in [0.05, 0.1) is 0 Å². The highest BCUT2D eigenvalue weighted by atomic mass is 16.6. The third-order valence-electron chi connectivity index (χ3n) is 2.88. The Labute approximate surface area is 137 Å². The fraction of sp³-hybridized carbons (Fsp3) is 0.529. The van der Waals surface area contributed by atoms with Crippen molar-refractivity contribution < 1.29 is 19.1 Å². The number of rotatable bonds is 7. The molecular weight excluding hydrogens is 296 g/mol. The van der Waals surface area contributed by atoms with Crippen molar-refractivity contribution >= 4 is 12.0 Å². The average molecular weight is 322 g/mol. The minimum Gasteiger partial charge on any atom is -0.444 e. The summed E-state index contributed by atoms with van der Waals surface area (Å²) in [4.78, 5) is 24.4. The lowest BCUT2D eigenvalue weighted by molar-refractivity contribution is -0.123. The molecule has 0 aromatic heterocycles. The van der Waals surface area contributed by atoms with Crippen LogP contribution in [-0.4, -0.2) is 37.9 Å². The second-order valence-corrected chi connectivity index (χ2v) is 6.13. The molecule has 1 unspecified atom stereocenters. The number of methoxy groups -OCH3 is 1. The van der Waals surface area contributed by atoms with Gasteiger partial charge < -0.3 is 20.1 Å². The molecule has 1 aromatic carbocycles. The Morgan fingerprint density at radius 1 is 1.17 bits per heavy atom. The lowest BCUT2D eigenvalue weighted by atomic mass is 10.1. The van der Waals surface area contributed by atoms with E-state index in [4.69, 9.17) is 9.47 Å². The van der Waals surface area contributed by atoms with Crippen molar-refractivity contribution in [1.82, 2.24) is 10.6 Å². The fourth-order valence-corrected chi connectivity index (χ4v) is 1.90. The van der Waals surface area contributed by atoms with E-state index >= 15 is 0 Å². The Balaban J connectivity index is 2.74. The monoisotopic (exact) mass is 322 g/mol. The quantitative estimate of drug-likeness (QED) is 0.756. The van der Waals surface area contributed by atoms with Crippen molar-refractivity contribution in [1.29, 1.82) is 0 Å². The van der Waals surface area contributed by atoms with Gasteiger partial charge in [0.2, 0.25) is 5.91 Å². The van der Waals surface area contributed by atoms with E-state index in [1.807, 2.05) is 18.2 Å². The predicted molar refractivity (Wildman–Crippen MR) is 88.1 cm³/mol. The molecule has 0 bridgehead atoms. The van der Waals surface area contributed by atoms with Crippen LogP contribution < -0.4 is 10.6 Å². The van der Waals surface area contributed by atoms with Crippen LogP contribution in [0.3, 0.4) is 0 Å². The first-order chi connectivity index (χ1) is 10.8. The van der Waals surface area contributed by atoms with Crippen molar-refractivity contribution in [3.63, 3.8) is 0 Å². The number of ether oxygens (including phenoxy) is 2. The van der Waals surface area contributed by atoms with Crippen LogP contribution in [0.2, 0.25) is 0 Å². The van der Waals surface area contributed by atoms with E-state index in [-0.39, 0.29) is 5.91 Å². The van der Waals surface area contributed by atoms with E-state index in [0.29, 0.717) is 25.1 Å². The van der Waals surface area contributed by atoms with Crippen LogP contribution in [0, 0.1) is 0 Å². The number of hydrogen-bond acceptors (Lipinski definition) is 4. The standard InChI is InChI=1S/C17H26N2O4/c1-17(2,3)23-16(21)19-14(13-9-6-5-7-10-13)15(20)18-11-8-12-22-4/h5-7,9-10,14H,8,11-12H2,1-4H3,(H,18,20)(H,19,21). The van der Waals surface area contributed by atoms with Crippen molar-refractivity contribution in [3.8, 4) is 0 Å². The van der Waals surface area contributed by atoms with Gasteiger partial charge in [-0.2, -0.15) is 0 Å². The van der Waals surface area contributed by atoms with Crippen LogP contribution in [0.25, 0.3) is 0 Å². The predicted octanol–water partition coefficient (Wildman–Crippen LogP) is 2.41. The molecule has 2 amide bonds. The number of benzene rings is 1. The largest absolute Gasteiger partial charge is 0.444 e. The Morgan fingerprint density at radius 3 is 2.39 bits per heavy atom. The molecule has 0 fully saturated rings. The van der Waals surface area contributed by atoms with Crippen LogP contribution in [0.5, 0.6) is 0 Å². The van der Waals surface area contributed by atoms with Gasteiger partial charge in [0, 0.05) is 20.3 Å². The Hall–Kier alpha value is -2.08. The van der Waals surface area contributed by atoms with Crippen molar-refractivity contribution in [2.45, 2.75) is 38.8 Å². The number of carbonyl (C=O) groups excluding carboxylic acids is 2. The molecule has 128 valence electrons. The molecule has 0 saturated carbocycles. The van der Waals surface area contributed by atoms with E-state index in [1.54, 1.807) is 40.0 Å². The van der Waals surface area contributed by atoms with Crippen LogP contribution in [-0.2, 0) is 14.3 Å². The summed E-state index contributed by atoms with van der Waals surface area (Å²) in [6.07, 6.45) is 0.0781. The molecule has 2 N–H and O–H groups in total. The van der Waals surface area contributed by atoms with Crippen LogP contribution in [0.15, 0.2) is 30.3 Å². The highest BCUT2D eigenvalue weighted by molar-refractivity contribution is 5.86. The van der Waals surface area contributed by atoms with Crippen molar-refractivity contribution in [2.24, 2.45) is 0 Å². The van der Waals surface area contributed by atoms with Gasteiger partial charge in [0.1, 0.15) is 11.6 Å². The molecule has 0 aliphatic rings. The van der Waals surface area contributed by atoms with Gasteiger partial charge in [-0.1, -0.05) is 30.3 Å². The van der Waals surface area contributed by atoms with Gasteiger partial charge in [-0.3, -0.25) is 4.79 Å². The molecule has 0 radical (unpaired) electrons. The van der Waals surface area contributed by atoms with Gasteiger partial charge in [-0.05, 0) is 32.8 Å². The molecule has 1 atom stereocenters. The molecular formula is C17H26N2O4. The minimum absolute atomic E-state index is 0.279. The van der Waals surface area contributed by atoms with Gasteiger partial charge in [0.25, 0.3) is 0 Å². The Kier molecular flexibility index (Phi) is 7.54. The number of amides is 2. The first-order valence-electron chi connectivity index (χ1n) is 7.64. The van der Waals surface area contributed by atoms with Crippen LogP contribution in [0.1, 0.15) is 38.8 Å². The van der Waals surface area contributed by atoms with E-state index in [1.165, 1.54) is 0 Å². The van der Waals surface area contributed by atoms with Crippen molar-refractivity contribution in [2.75, 3.05) is 20.3 Å². The number of nitrogens with one attached hydrogen (secondary N) is 2. The molecule has 0 heterocycles. The average Bonchev–Trinajstić information content (AvgIpc) is 2.48. The summed E-state index contributed by atoms with van der Waals surface area (Å²) in [5.41, 5.74) is 0.0721. The molecule has 6 heteroatoms. The number of alkyl carbamates (subject to hydrolysis) is 1. The molecule has 0 aliphatic carbocycles. The highest BCUT2D eigenvalue weighted by Crippen LogP contribution is 2.14. The molecule has 1 rings (SSSR count). The Morgan fingerprint density at radius 2 is 1.83 bits per heavy atom. The lowest BCUT2D eigenvalue weighted by Gasteiger charge is -2.23. The normalized spacial score (nSPS) is 12.3. The molecule has 1 aromatic rings. The second kappa shape index (κ2) is 9.15. The number of carbonyl (C=O) groups is 2. The smallest absolute Gasteiger partial charge is 0.408 e. The summed E-state index contributed by atoms with van der Waals surface area (Å²) in [5, 5.41) is 5.42. The summed E-state index contributed by atoms with van der Waals surface area (Å²) in [7, 11) is 1.61. The molecule has 23 heavy (non-hydrogen) atoms. The van der Waals surface area contributed by atoms with E-state index in [9.17, 15) is 9.59 Å². The van der Waals surface area contributed by atoms with Crippen molar-refractivity contribution in [3.05, 3.63) is 35.9 Å². The van der Waals surface area contributed by atoms with E-state index in [0.717, 1.165) is 0 Å². The third kappa shape index (κ3) is 7.65. The SMILES string of the molecule is COCCCNC(=O)C(NC(=O)OC(C)(C)C)c1ccccc1. The maximum absolute atomic E-state index is 12.4. The fourth-order valence-electron chi connectivity index (χ4n) is 1.90. The second-order valence-electron chi connectivity index (χ2n) is 6.13. The number of hydrogen-bond donors (Lipinski definition) is 2. The van der Waals surface area contributed by atoms with Crippen LogP contribution in [0.4, 0.5) is 4.79 Å². The first-order valence-corrected chi connectivity index (χ1v) is 7.64. The lowest BCUT2D eigenvalue weighted by Crippen LogP contribution is -2.42. The van der Waals surface area contributed by atoms with Gasteiger partial charge in [-0.15, -0.1) is 0 Å². The summed E-state index contributed by atoms with van der Waals surface area (Å²) in [6.45, 7) is 6.36. The maximum atomic E-state index is 12.4. The van der Waals surface area contributed by atoms with Gasteiger partial charge >= 0.3 is 6.09 Å². The summed E-state index contributed by atoms with van der Waals surface area (Å²) in [6, 6.07) is 8.26. The first kappa shape index (κ1) is 19.0. The topological polar surface area (TPSA) is 76.7 Å². The zero-order valence-electron chi connectivity index (χ0n) is 14.2. The highest BCUT2D eigenvalue weighted by Gasteiger charge is 2.25. The van der Waals surface area contributed by atoms with E-state index in [2.05, 4.69) is 10.6 Å². The molecule has 0 aliphatic heterocycles. The summed E-state index contributed by atoms with van der Waals surface area (Å²) < 4.78 is 10.2. The zero-order chi connectivity index (χ0) is 17.3. The Bertz CT molecular complexity index is 497.